The second-order valence-electron chi connectivity index (χ2n) is 10.7. The lowest BCUT2D eigenvalue weighted by Crippen LogP contribution is -1.90. The fraction of sp³-hybridized carbons (Fsp3) is 0. The molecule has 190 valence electrons. The number of para-hydroxylation sites is 1. The monoisotopic (exact) mass is 537 g/mol. The van der Waals surface area contributed by atoms with Crippen molar-refractivity contribution < 1.29 is 0 Å². The molecule has 7 aromatic carbocycles. The number of aromatic nitrogens is 1. The molecule has 0 atom stereocenters. The van der Waals surface area contributed by atoms with Crippen LogP contribution in [0.15, 0.2) is 140 Å². The van der Waals surface area contributed by atoms with E-state index in [4.69, 9.17) is 4.98 Å². The van der Waals surface area contributed by atoms with Gasteiger partial charge < -0.3 is 0 Å². The van der Waals surface area contributed by atoms with Crippen LogP contribution in [0, 0.1) is 0 Å². The van der Waals surface area contributed by atoms with Crippen LogP contribution in [0.5, 0.6) is 0 Å². The van der Waals surface area contributed by atoms with Crippen molar-refractivity contribution in [2.75, 3.05) is 0 Å². The second-order valence-corrected chi connectivity index (χ2v) is 11.8. The van der Waals surface area contributed by atoms with Crippen LogP contribution in [-0.2, 0) is 0 Å². The quantitative estimate of drug-likeness (QED) is 0.200. The van der Waals surface area contributed by atoms with Crippen LogP contribution >= 0.6 is 11.3 Å². The van der Waals surface area contributed by atoms with Gasteiger partial charge in [-0.05, 0) is 63.0 Å². The van der Waals surface area contributed by atoms with Crippen molar-refractivity contribution in [3.05, 3.63) is 140 Å². The number of nitrogens with zero attached hydrogens (tertiary/aromatic N) is 1. The highest BCUT2D eigenvalue weighted by molar-refractivity contribution is 7.26. The molecule has 0 aliphatic heterocycles. The van der Waals surface area contributed by atoms with Gasteiger partial charge in [-0.15, -0.1) is 11.3 Å². The van der Waals surface area contributed by atoms with Crippen LogP contribution in [0.25, 0.3) is 85.8 Å². The topological polar surface area (TPSA) is 12.9 Å². The summed E-state index contributed by atoms with van der Waals surface area (Å²) in [5, 5.41) is 11.5. The molecule has 9 aromatic rings. The maximum atomic E-state index is 5.17. The first-order chi connectivity index (χ1) is 20.3. The summed E-state index contributed by atoms with van der Waals surface area (Å²) in [6.07, 6.45) is 0. The van der Waals surface area contributed by atoms with E-state index >= 15 is 0 Å². The molecule has 2 heteroatoms. The second kappa shape index (κ2) is 8.72. The first kappa shape index (κ1) is 22.7. The summed E-state index contributed by atoms with van der Waals surface area (Å²) in [5.41, 5.74) is 5.70. The van der Waals surface area contributed by atoms with E-state index < -0.39 is 0 Å². The third kappa shape index (κ3) is 3.45. The highest BCUT2D eigenvalue weighted by Crippen LogP contribution is 2.44. The van der Waals surface area contributed by atoms with Crippen LogP contribution in [-0.4, -0.2) is 4.98 Å². The lowest BCUT2D eigenvalue weighted by Gasteiger charge is -2.12. The van der Waals surface area contributed by atoms with E-state index in [9.17, 15) is 0 Å². The highest BCUT2D eigenvalue weighted by Gasteiger charge is 2.17. The van der Waals surface area contributed by atoms with Gasteiger partial charge in [-0.1, -0.05) is 109 Å². The molecule has 0 aliphatic rings. The minimum Gasteiger partial charge on any atom is -0.247 e. The molecule has 0 bridgehead atoms. The zero-order chi connectivity index (χ0) is 26.9. The van der Waals surface area contributed by atoms with Gasteiger partial charge in [0.2, 0.25) is 0 Å². The molecule has 2 aromatic heterocycles. The molecular formula is C39H23NS. The van der Waals surface area contributed by atoms with Gasteiger partial charge >= 0.3 is 0 Å². The van der Waals surface area contributed by atoms with Gasteiger partial charge in [0.25, 0.3) is 0 Å². The molecule has 0 N–H and O–H groups in total. The zero-order valence-corrected chi connectivity index (χ0v) is 23.0. The molecular weight excluding hydrogens is 515 g/mol. The summed E-state index contributed by atoms with van der Waals surface area (Å²) >= 11 is 1.87. The van der Waals surface area contributed by atoms with Crippen molar-refractivity contribution in [1.82, 2.24) is 4.98 Å². The van der Waals surface area contributed by atoms with Crippen molar-refractivity contribution in [2.45, 2.75) is 0 Å². The Balaban J connectivity index is 1.36. The number of pyridine rings is 1. The first-order valence-electron chi connectivity index (χ1n) is 14.0. The number of rotatable bonds is 2. The molecule has 0 fully saturated rings. The van der Waals surface area contributed by atoms with Crippen molar-refractivity contribution in [1.29, 1.82) is 0 Å². The van der Waals surface area contributed by atoms with Gasteiger partial charge in [-0.25, -0.2) is 4.98 Å². The van der Waals surface area contributed by atoms with E-state index in [2.05, 4.69) is 140 Å². The Labute approximate surface area is 240 Å². The Morgan fingerprint density at radius 1 is 0.390 bits per heavy atom. The van der Waals surface area contributed by atoms with E-state index in [0.29, 0.717) is 0 Å². The Bertz CT molecular complexity index is 2470. The lowest BCUT2D eigenvalue weighted by molar-refractivity contribution is 1.43. The summed E-state index contributed by atoms with van der Waals surface area (Å²) in [7, 11) is 0. The minimum absolute atomic E-state index is 1.03. The van der Waals surface area contributed by atoms with E-state index in [1.807, 2.05) is 11.3 Å². The molecule has 0 amide bonds. The van der Waals surface area contributed by atoms with Gasteiger partial charge in [0.1, 0.15) is 0 Å². The SMILES string of the molecule is c1ccc(-c2nc3ccccc3c3c2ccc2sc4ccc(-c5ccc6ccc7ccccc7c6c5)cc4c23)cc1. The average Bonchev–Trinajstić information content (AvgIpc) is 3.42. The summed E-state index contributed by atoms with van der Waals surface area (Å²) < 4.78 is 2.62. The Morgan fingerprint density at radius 3 is 1.93 bits per heavy atom. The standard InChI is InChI=1S/C39H23NS/c1-2-9-26(10-3-1)39-31-19-21-36-38(37(31)30-12-6-7-13-34(30)40-39)33-23-28(18-20-35(33)41-36)27-17-16-25-15-14-24-8-4-5-11-29(24)32(25)22-27/h1-23H. The maximum absolute atomic E-state index is 5.17. The minimum atomic E-state index is 1.03. The van der Waals surface area contributed by atoms with Crippen molar-refractivity contribution >= 4 is 74.7 Å². The third-order valence-electron chi connectivity index (χ3n) is 8.42. The van der Waals surface area contributed by atoms with Crippen molar-refractivity contribution in [2.24, 2.45) is 0 Å². The predicted molar refractivity (Wildman–Crippen MR) is 178 cm³/mol. The van der Waals surface area contributed by atoms with Crippen molar-refractivity contribution in [3.8, 4) is 22.4 Å². The summed E-state index contributed by atoms with van der Waals surface area (Å²) in [6.45, 7) is 0. The molecule has 0 saturated carbocycles. The maximum Gasteiger partial charge on any atom is 0.0788 e. The van der Waals surface area contributed by atoms with Gasteiger partial charge in [0.05, 0.1) is 11.2 Å². The molecule has 41 heavy (non-hydrogen) atoms. The van der Waals surface area contributed by atoms with E-state index in [1.165, 1.54) is 69.0 Å². The molecule has 0 spiro atoms. The zero-order valence-electron chi connectivity index (χ0n) is 22.1. The van der Waals surface area contributed by atoms with Gasteiger partial charge in [-0.2, -0.15) is 0 Å². The van der Waals surface area contributed by atoms with Gasteiger partial charge in [0, 0.05) is 41.9 Å². The van der Waals surface area contributed by atoms with Crippen LogP contribution in [0.4, 0.5) is 0 Å². The number of benzene rings is 7. The molecule has 2 heterocycles. The molecule has 1 nitrogen and oxygen atoms in total. The smallest absolute Gasteiger partial charge is 0.0788 e. The van der Waals surface area contributed by atoms with Crippen LogP contribution in [0.3, 0.4) is 0 Å². The summed E-state index contributed by atoms with van der Waals surface area (Å²) in [4.78, 5) is 5.17. The number of fused-ring (bicyclic) bond motifs is 10. The fourth-order valence-corrected chi connectivity index (χ4v) is 7.58. The fourth-order valence-electron chi connectivity index (χ4n) is 6.49. The summed E-state index contributed by atoms with van der Waals surface area (Å²) in [5.74, 6) is 0. The molecule has 0 unspecified atom stereocenters. The predicted octanol–water partition coefficient (Wildman–Crippen LogP) is 11.4. The average molecular weight is 538 g/mol. The Hall–Kier alpha value is -5.05. The normalized spacial score (nSPS) is 11.9. The Kier molecular flexibility index (Phi) is 4.84. The first-order valence-corrected chi connectivity index (χ1v) is 14.8. The van der Waals surface area contributed by atoms with Gasteiger partial charge in [-0.3, -0.25) is 0 Å². The molecule has 0 saturated heterocycles. The van der Waals surface area contributed by atoms with Crippen LogP contribution < -0.4 is 0 Å². The van der Waals surface area contributed by atoms with Crippen LogP contribution in [0.2, 0.25) is 0 Å². The number of thiophene rings is 1. The van der Waals surface area contributed by atoms with Crippen LogP contribution in [0.1, 0.15) is 0 Å². The number of hydrogen-bond acceptors (Lipinski definition) is 2. The Morgan fingerprint density at radius 2 is 1.05 bits per heavy atom. The van der Waals surface area contributed by atoms with E-state index in [-0.39, 0.29) is 0 Å². The molecule has 0 radical (unpaired) electrons. The highest BCUT2D eigenvalue weighted by atomic mass is 32.1. The molecule has 9 rings (SSSR count). The van der Waals surface area contributed by atoms with E-state index in [0.717, 1.165) is 16.8 Å². The number of hydrogen-bond donors (Lipinski definition) is 0. The van der Waals surface area contributed by atoms with Crippen molar-refractivity contribution in [3.63, 3.8) is 0 Å². The summed E-state index contributed by atoms with van der Waals surface area (Å²) in [6, 6.07) is 50.7. The third-order valence-corrected chi connectivity index (χ3v) is 9.56. The molecule has 0 aliphatic carbocycles. The lowest BCUT2D eigenvalue weighted by atomic mass is 9.94. The largest absolute Gasteiger partial charge is 0.247 e. The van der Waals surface area contributed by atoms with Gasteiger partial charge in [0.15, 0.2) is 0 Å². The van der Waals surface area contributed by atoms with E-state index in [1.54, 1.807) is 0 Å².